The van der Waals surface area contributed by atoms with Gasteiger partial charge in [0.1, 0.15) is 6.29 Å². The van der Waals surface area contributed by atoms with Gasteiger partial charge in [0.25, 0.3) is 0 Å². The summed E-state index contributed by atoms with van der Waals surface area (Å²) in [6.07, 6.45) is 3.25. The Bertz CT molecular complexity index is 81.4. The molecule has 0 aromatic carbocycles. The van der Waals surface area contributed by atoms with Crippen molar-refractivity contribution < 1.29 is 20.1 Å². The minimum Gasteiger partial charge on any atom is -0.397 e. The molecule has 0 unspecified atom stereocenters. The normalized spacial score (nSPS) is 2.78. The Morgan fingerprint density at radius 1 is 0.405 bits per heavy atom. The molecular formula is C26H89B6NO4. The Kier molecular flexibility index (Phi) is 11400. The van der Waals surface area contributed by atoms with Crippen molar-refractivity contribution in [1.82, 2.24) is 6.15 Å². The predicted octanol–water partition coefficient (Wildman–Crippen LogP) is 8.54. The Balaban J connectivity index is -0.00000000184. The first kappa shape index (κ1) is 336. The molecular weight excluding hydrogens is 455 g/mol. The second-order valence-electron chi connectivity index (χ2n) is 2.60. The first-order valence-electron chi connectivity index (χ1n) is 6.71. The molecule has 5 nitrogen and oxygen atoms in total. The quantitative estimate of drug-likeness (QED) is 0.180. The van der Waals surface area contributed by atoms with E-state index in [4.69, 9.17) is 20.1 Å². The lowest BCUT2D eigenvalue weighted by atomic mass is 10.6. The van der Waals surface area contributed by atoms with E-state index in [1.807, 2.05) is 0 Å². The first-order chi connectivity index (χ1) is 8.49. The molecule has 0 aromatic heterocycles. The fourth-order valence-electron chi connectivity index (χ4n) is 0. The standard InChI is InChI=1S/2C3H8.3C2H6O.C2H4O.12CH4.6B.H3N/c2*1-3-2;4*1-2-3;;;;;;;;;;;;;;;;;;;/h2*3H2,1-2H3;3*3H,2H2,1H3;2H,1H3;12*1H4;;;;;;;1H3. The van der Waals surface area contributed by atoms with E-state index in [1.54, 1.807) is 20.8 Å². The van der Waals surface area contributed by atoms with Gasteiger partial charge in [-0.25, -0.2) is 0 Å². The summed E-state index contributed by atoms with van der Waals surface area (Å²) in [4.78, 5) is 8.81. The van der Waals surface area contributed by atoms with Crippen LogP contribution in [-0.2, 0) is 4.79 Å². The van der Waals surface area contributed by atoms with Crippen molar-refractivity contribution >= 4 is 56.8 Å². The van der Waals surface area contributed by atoms with E-state index in [0.29, 0.717) is 0 Å². The summed E-state index contributed by atoms with van der Waals surface area (Å²) in [7, 11) is 0. The van der Waals surface area contributed by atoms with Crippen LogP contribution in [0.15, 0.2) is 0 Å². The monoisotopic (exact) mass is 546 g/mol. The second kappa shape index (κ2) is 1260. The van der Waals surface area contributed by atoms with Crippen LogP contribution in [0.25, 0.3) is 0 Å². The Labute approximate surface area is 260 Å². The van der Waals surface area contributed by atoms with Crippen molar-refractivity contribution in [2.24, 2.45) is 0 Å². The SMILES string of the molecule is C.C.C.C.C.C.C.C.C.C.C.C.CC=O.CCC.CCC.CCO.CCO.CCO.N.[B].[B].[B].[B].[B].[B]. The molecule has 0 spiro atoms. The number of carbonyl (C=O) groups is 1. The van der Waals surface area contributed by atoms with E-state index >= 15 is 0 Å². The molecule has 0 rings (SSSR count). The molecule has 0 atom stereocenters. The zero-order chi connectivity index (χ0) is 16.2. The molecule has 0 aliphatic heterocycles. The van der Waals surface area contributed by atoms with Crippen molar-refractivity contribution in [2.45, 2.75) is 157 Å². The maximum absolute atomic E-state index is 8.81. The number of hydrogen-bond donors (Lipinski definition) is 4. The minimum atomic E-state index is 0. The topological polar surface area (TPSA) is 113 Å². The van der Waals surface area contributed by atoms with Gasteiger partial charge in [-0.1, -0.05) is 130 Å². The van der Waals surface area contributed by atoms with Crippen LogP contribution in [-0.4, -0.2) is 91.9 Å². The summed E-state index contributed by atoms with van der Waals surface area (Å²) < 4.78 is 0. The maximum Gasteiger partial charge on any atom is 0.116 e. The molecule has 6 N–H and O–H groups in total. The van der Waals surface area contributed by atoms with Crippen molar-refractivity contribution in [1.29, 1.82) is 0 Å². The van der Waals surface area contributed by atoms with E-state index in [9.17, 15) is 0 Å². The number of aliphatic hydroxyl groups is 3. The highest BCUT2D eigenvalue weighted by Gasteiger charge is 1.36. The third-order valence-corrected chi connectivity index (χ3v) is 0. The summed E-state index contributed by atoms with van der Waals surface area (Å²) in [5.41, 5.74) is 0. The van der Waals surface area contributed by atoms with Gasteiger partial charge in [-0.15, -0.1) is 0 Å². The summed E-state index contributed by atoms with van der Waals surface area (Å²) in [5.74, 6) is 0. The van der Waals surface area contributed by atoms with Gasteiger partial charge in [0, 0.05) is 70.3 Å². The van der Waals surface area contributed by atoms with Crippen LogP contribution < -0.4 is 6.15 Å². The first-order valence-corrected chi connectivity index (χ1v) is 6.71. The van der Waals surface area contributed by atoms with Crippen molar-refractivity contribution in [3.8, 4) is 0 Å². The van der Waals surface area contributed by atoms with Crippen LogP contribution in [0, 0.1) is 0 Å². The number of aldehydes is 1. The van der Waals surface area contributed by atoms with Crippen LogP contribution in [0.5, 0.6) is 0 Å². The Hall–Kier alpha value is -0.100. The highest BCUT2D eigenvalue weighted by molar-refractivity contribution is 5.76. The third kappa shape index (κ3) is 4090000. The molecule has 0 saturated heterocycles. The number of aliphatic hydroxyl groups excluding tert-OH is 3. The Morgan fingerprint density at radius 3 is 0.405 bits per heavy atom. The molecule has 0 fully saturated rings. The summed E-state index contributed by atoms with van der Waals surface area (Å²) in [6, 6.07) is 0. The molecule has 0 aliphatic carbocycles. The van der Waals surface area contributed by atoms with E-state index < -0.39 is 0 Å². The van der Waals surface area contributed by atoms with Crippen LogP contribution >= 0.6 is 0 Å². The van der Waals surface area contributed by atoms with Gasteiger partial charge in [-0.2, -0.15) is 0 Å². The smallest absolute Gasteiger partial charge is 0.116 e. The predicted molar refractivity (Wildman–Crippen MR) is 202 cm³/mol. The molecule has 0 bridgehead atoms. The van der Waals surface area contributed by atoms with Gasteiger partial charge in [-0.3, -0.25) is 0 Å². The fraction of sp³-hybridized carbons (Fsp3) is 0.962. The largest absolute Gasteiger partial charge is 0.397 e. The molecule has 0 amide bonds. The number of hydrogen-bond acceptors (Lipinski definition) is 5. The highest BCUT2D eigenvalue weighted by Crippen LogP contribution is 1.56. The van der Waals surface area contributed by atoms with Gasteiger partial charge in [0.05, 0.1) is 0 Å². The van der Waals surface area contributed by atoms with E-state index in [0.717, 1.165) is 6.29 Å². The van der Waals surface area contributed by atoms with Crippen LogP contribution in [0.1, 0.15) is 157 Å². The van der Waals surface area contributed by atoms with Crippen LogP contribution in [0.2, 0.25) is 0 Å². The van der Waals surface area contributed by atoms with Crippen LogP contribution in [0.3, 0.4) is 0 Å². The summed E-state index contributed by atoms with van der Waals surface area (Å²) in [6.45, 7) is 15.7. The van der Waals surface area contributed by atoms with Gasteiger partial charge < -0.3 is 26.3 Å². The third-order valence-electron chi connectivity index (χ3n) is 0. The minimum absolute atomic E-state index is 0. The molecule has 37 heavy (non-hydrogen) atoms. The molecule has 240 valence electrons. The second-order valence-corrected chi connectivity index (χ2v) is 2.60. The summed E-state index contributed by atoms with van der Waals surface area (Å²) >= 11 is 0. The maximum atomic E-state index is 8.81. The lowest BCUT2D eigenvalue weighted by Gasteiger charge is -1.52. The lowest BCUT2D eigenvalue weighted by Crippen LogP contribution is -1.57. The van der Waals surface area contributed by atoms with Gasteiger partial charge >= 0.3 is 0 Å². The van der Waals surface area contributed by atoms with E-state index in [1.165, 1.54) is 19.8 Å². The average Bonchev–Trinajstić information content (AvgIpc) is 2.23. The lowest BCUT2D eigenvalue weighted by molar-refractivity contribution is -0.106. The van der Waals surface area contributed by atoms with Crippen LogP contribution in [0.4, 0.5) is 0 Å². The molecule has 18 radical (unpaired) electrons. The number of carbonyl (C=O) groups excluding carboxylic acids is 1. The fourth-order valence-corrected chi connectivity index (χ4v) is 0. The van der Waals surface area contributed by atoms with E-state index in [2.05, 4.69) is 27.7 Å². The Morgan fingerprint density at radius 2 is 0.405 bits per heavy atom. The van der Waals surface area contributed by atoms with Gasteiger partial charge in [0.15, 0.2) is 0 Å². The average molecular weight is 545 g/mol. The zero-order valence-electron chi connectivity index (χ0n) is 18.0. The van der Waals surface area contributed by atoms with Gasteiger partial charge in [0.2, 0.25) is 0 Å². The molecule has 0 aliphatic rings. The summed E-state index contributed by atoms with van der Waals surface area (Å²) in [5, 5.41) is 22.7. The molecule has 0 heterocycles. The van der Waals surface area contributed by atoms with Gasteiger partial charge in [-0.05, 0) is 27.7 Å². The van der Waals surface area contributed by atoms with Crippen molar-refractivity contribution in [3.63, 3.8) is 0 Å². The molecule has 0 saturated carbocycles. The van der Waals surface area contributed by atoms with Crippen molar-refractivity contribution in [3.05, 3.63) is 0 Å². The van der Waals surface area contributed by atoms with Crippen molar-refractivity contribution in [2.75, 3.05) is 19.8 Å². The number of rotatable bonds is 0. The zero-order valence-corrected chi connectivity index (χ0v) is 18.0. The highest BCUT2D eigenvalue weighted by atomic mass is 16.3. The molecule has 0 aromatic rings. The molecule has 11 heteroatoms. The van der Waals surface area contributed by atoms with E-state index in [-0.39, 0.29) is 166 Å².